The molecule has 0 aromatic heterocycles. The Morgan fingerprint density at radius 2 is 1.15 bits per heavy atom. The van der Waals surface area contributed by atoms with Crippen LogP contribution in [0.15, 0.2) is 193 Å². The van der Waals surface area contributed by atoms with E-state index in [4.69, 9.17) is 0 Å². The molecule has 0 saturated heterocycles. The number of hydrogen-bond acceptors (Lipinski definition) is 4. The van der Waals surface area contributed by atoms with Crippen molar-refractivity contribution in [2.24, 2.45) is 0 Å². The first-order chi connectivity index (χ1) is 26.0. The van der Waals surface area contributed by atoms with Crippen molar-refractivity contribution >= 4 is 57.7 Å². The van der Waals surface area contributed by atoms with E-state index in [1.165, 1.54) is 11.8 Å². The van der Waals surface area contributed by atoms with E-state index < -0.39 is 17.1 Å². The lowest BCUT2D eigenvalue weighted by atomic mass is 10.0. The third-order valence-corrected chi connectivity index (χ3v) is 9.81. The van der Waals surface area contributed by atoms with Gasteiger partial charge in [0.25, 0.3) is 11.8 Å². The van der Waals surface area contributed by atoms with Crippen molar-refractivity contribution in [2.45, 2.75) is 10.1 Å². The molecule has 0 aliphatic heterocycles. The lowest BCUT2D eigenvalue weighted by molar-refractivity contribution is -0.116. The molecule has 1 unspecified atom stereocenters. The van der Waals surface area contributed by atoms with Crippen molar-refractivity contribution < 1.29 is 14.4 Å². The first kappa shape index (κ1) is 34.7. The van der Waals surface area contributed by atoms with Gasteiger partial charge in [-0.25, -0.2) is 0 Å². The highest BCUT2D eigenvalue weighted by Crippen LogP contribution is 2.37. The van der Waals surface area contributed by atoms with Crippen LogP contribution in [0.4, 0.5) is 11.4 Å². The Morgan fingerprint density at radius 3 is 1.89 bits per heavy atom. The SMILES string of the molecule is O=C(Nc1cccc(SC(C(=O)Nc2ccc3ccccc3c2)c2ccccc2)c1)/C(=C\c1ccc(-c2ccccc2)cc1)NC(=O)c1ccccc1. The van der Waals surface area contributed by atoms with Crippen LogP contribution in [-0.2, 0) is 9.59 Å². The van der Waals surface area contributed by atoms with Crippen molar-refractivity contribution in [3.05, 3.63) is 204 Å². The highest BCUT2D eigenvalue weighted by atomic mass is 32.2. The van der Waals surface area contributed by atoms with Gasteiger partial charge in [0.1, 0.15) is 10.9 Å². The second kappa shape index (κ2) is 16.5. The maximum atomic E-state index is 13.9. The third kappa shape index (κ3) is 8.97. The molecule has 1 atom stereocenters. The number of rotatable bonds is 11. The van der Waals surface area contributed by atoms with Crippen LogP contribution in [0, 0.1) is 0 Å². The largest absolute Gasteiger partial charge is 0.325 e. The molecule has 6 nitrogen and oxygen atoms in total. The van der Waals surface area contributed by atoms with E-state index in [0.717, 1.165) is 37.9 Å². The molecule has 0 aliphatic rings. The van der Waals surface area contributed by atoms with E-state index in [2.05, 4.69) is 16.0 Å². The predicted octanol–water partition coefficient (Wildman–Crippen LogP) is 10.4. The first-order valence-corrected chi connectivity index (χ1v) is 18.0. The average molecular weight is 710 g/mol. The number of thioether (sulfide) groups is 1. The topological polar surface area (TPSA) is 87.3 Å². The zero-order valence-electron chi connectivity index (χ0n) is 28.6. The minimum Gasteiger partial charge on any atom is -0.325 e. The van der Waals surface area contributed by atoms with Gasteiger partial charge in [-0.15, -0.1) is 11.8 Å². The maximum Gasteiger partial charge on any atom is 0.272 e. The molecule has 3 amide bonds. The summed E-state index contributed by atoms with van der Waals surface area (Å²) in [5, 5.41) is 10.4. The Bertz CT molecular complexity index is 2400. The van der Waals surface area contributed by atoms with Crippen molar-refractivity contribution in [3.63, 3.8) is 0 Å². The number of carbonyl (C=O) groups is 3. The van der Waals surface area contributed by atoms with Gasteiger partial charge in [-0.2, -0.15) is 0 Å². The summed E-state index contributed by atoms with van der Waals surface area (Å²) >= 11 is 1.38. The molecule has 0 aliphatic carbocycles. The number of hydrogen-bond donors (Lipinski definition) is 3. The smallest absolute Gasteiger partial charge is 0.272 e. The van der Waals surface area contributed by atoms with Crippen LogP contribution in [0.25, 0.3) is 28.0 Å². The van der Waals surface area contributed by atoms with E-state index in [1.54, 1.807) is 36.4 Å². The molecule has 0 saturated carbocycles. The minimum atomic E-state index is -0.576. The molecule has 7 aromatic rings. The number of fused-ring (bicyclic) bond motifs is 1. The van der Waals surface area contributed by atoms with Crippen LogP contribution in [0.3, 0.4) is 0 Å². The molecule has 0 fully saturated rings. The van der Waals surface area contributed by atoms with Crippen molar-refractivity contribution in [1.29, 1.82) is 0 Å². The Morgan fingerprint density at radius 1 is 0.528 bits per heavy atom. The standard InChI is InChI=1S/C46H35N3O3S/c50-44(37-18-8-3-9-19-37)49-42(29-32-23-25-35(26-24-32)33-13-4-1-5-14-33)45(51)47-39-21-12-22-41(31-39)53-43(36-16-6-2-7-17-36)46(52)48-40-28-27-34-15-10-11-20-38(34)30-40/h1-31,43H,(H,47,51)(H,48,52)(H,49,50)/b42-29+. The summed E-state index contributed by atoms with van der Waals surface area (Å²) in [7, 11) is 0. The van der Waals surface area contributed by atoms with Gasteiger partial charge in [0.15, 0.2) is 0 Å². The fourth-order valence-electron chi connectivity index (χ4n) is 5.87. The van der Waals surface area contributed by atoms with E-state index in [0.29, 0.717) is 16.9 Å². The normalized spacial score (nSPS) is 11.7. The highest BCUT2D eigenvalue weighted by molar-refractivity contribution is 8.00. The Kier molecular flexibility index (Phi) is 10.8. The van der Waals surface area contributed by atoms with Gasteiger partial charge < -0.3 is 16.0 Å². The van der Waals surface area contributed by atoms with Gasteiger partial charge in [-0.3, -0.25) is 14.4 Å². The number of nitrogens with one attached hydrogen (secondary N) is 3. The minimum absolute atomic E-state index is 0.0845. The molecule has 7 aromatic carbocycles. The summed E-state index contributed by atoms with van der Waals surface area (Å²) < 4.78 is 0. The lowest BCUT2D eigenvalue weighted by Gasteiger charge is -2.18. The quantitative estimate of drug-likeness (QED) is 0.0922. The Balaban J connectivity index is 1.12. The van der Waals surface area contributed by atoms with Gasteiger partial charge in [-0.05, 0) is 81.6 Å². The van der Waals surface area contributed by atoms with E-state index >= 15 is 0 Å². The number of anilines is 2. The van der Waals surface area contributed by atoms with Gasteiger partial charge in [-0.1, -0.05) is 140 Å². The van der Waals surface area contributed by atoms with Crippen LogP contribution in [0.1, 0.15) is 26.7 Å². The molecule has 7 rings (SSSR count). The molecule has 0 bridgehead atoms. The van der Waals surface area contributed by atoms with Gasteiger partial charge >= 0.3 is 0 Å². The monoisotopic (exact) mass is 709 g/mol. The molecule has 53 heavy (non-hydrogen) atoms. The Hall–Kier alpha value is -6.70. The summed E-state index contributed by atoms with van der Waals surface area (Å²) in [6, 6.07) is 57.4. The molecule has 0 spiro atoms. The van der Waals surface area contributed by atoms with E-state index in [9.17, 15) is 14.4 Å². The lowest BCUT2D eigenvalue weighted by Crippen LogP contribution is -2.30. The van der Waals surface area contributed by atoms with E-state index in [-0.39, 0.29) is 11.6 Å². The second-order valence-corrected chi connectivity index (χ2v) is 13.5. The first-order valence-electron chi connectivity index (χ1n) is 17.1. The van der Waals surface area contributed by atoms with Gasteiger partial charge in [0.2, 0.25) is 5.91 Å². The summed E-state index contributed by atoms with van der Waals surface area (Å²) in [6.45, 7) is 0. The van der Waals surface area contributed by atoms with E-state index in [1.807, 2.05) is 152 Å². The van der Waals surface area contributed by atoms with Crippen molar-refractivity contribution in [2.75, 3.05) is 10.6 Å². The van der Waals surface area contributed by atoms with Crippen molar-refractivity contribution in [1.82, 2.24) is 5.32 Å². The maximum absolute atomic E-state index is 13.9. The van der Waals surface area contributed by atoms with Crippen LogP contribution >= 0.6 is 11.8 Å². The second-order valence-electron chi connectivity index (χ2n) is 12.3. The van der Waals surface area contributed by atoms with Gasteiger partial charge in [0, 0.05) is 21.8 Å². The van der Waals surface area contributed by atoms with Crippen molar-refractivity contribution in [3.8, 4) is 11.1 Å². The van der Waals surface area contributed by atoms with Crippen LogP contribution in [0.2, 0.25) is 0 Å². The fourth-order valence-corrected chi connectivity index (χ4v) is 6.95. The fraction of sp³-hybridized carbons (Fsp3) is 0.0217. The Labute approximate surface area is 312 Å². The molecule has 3 N–H and O–H groups in total. The van der Waals surface area contributed by atoms with Crippen LogP contribution in [-0.4, -0.2) is 17.7 Å². The third-order valence-electron chi connectivity index (χ3n) is 8.56. The molecule has 7 heteroatoms. The van der Waals surface area contributed by atoms with Gasteiger partial charge in [0.05, 0.1) is 0 Å². The number of benzene rings is 7. The van der Waals surface area contributed by atoms with Crippen LogP contribution in [0.5, 0.6) is 0 Å². The zero-order chi connectivity index (χ0) is 36.4. The summed E-state index contributed by atoms with van der Waals surface area (Å²) in [6.07, 6.45) is 1.66. The summed E-state index contributed by atoms with van der Waals surface area (Å²) in [5.74, 6) is -1.06. The predicted molar refractivity (Wildman–Crippen MR) is 216 cm³/mol. The molecular weight excluding hydrogens is 675 g/mol. The molecule has 0 radical (unpaired) electrons. The molecule has 258 valence electrons. The zero-order valence-corrected chi connectivity index (χ0v) is 29.4. The number of amides is 3. The number of carbonyl (C=O) groups excluding carboxylic acids is 3. The summed E-state index contributed by atoms with van der Waals surface area (Å²) in [4.78, 5) is 41.7. The molecule has 0 heterocycles. The van der Waals surface area contributed by atoms with Crippen LogP contribution < -0.4 is 16.0 Å². The summed E-state index contributed by atoms with van der Waals surface area (Å²) in [5.41, 5.74) is 5.45. The highest BCUT2D eigenvalue weighted by Gasteiger charge is 2.23. The average Bonchev–Trinajstić information content (AvgIpc) is 3.21. The molecular formula is C46H35N3O3S.